The number of carbonyl (C=O) groups is 1. The number of amides is 1. The lowest BCUT2D eigenvalue weighted by Gasteiger charge is -2.33. The van der Waals surface area contributed by atoms with E-state index in [9.17, 15) is 4.79 Å². The maximum absolute atomic E-state index is 11.5. The van der Waals surface area contributed by atoms with Crippen LogP contribution in [0.4, 0.5) is 0 Å². The van der Waals surface area contributed by atoms with Crippen molar-refractivity contribution >= 4 is 5.91 Å². The summed E-state index contributed by atoms with van der Waals surface area (Å²) in [6, 6.07) is 8.33. The molecule has 0 aromatic heterocycles. The van der Waals surface area contributed by atoms with Crippen molar-refractivity contribution in [3.05, 3.63) is 35.4 Å². The summed E-state index contributed by atoms with van der Waals surface area (Å²) in [6.45, 7) is 6.63. The summed E-state index contributed by atoms with van der Waals surface area (Å²) in [6.07, 6.45) is 0. The number of nitrogens with one attached hydrogen (secondary N) is 1. The number of nitrogens with zero attached hydrogens (tertiary/aromatic N) is 1. The third-order valence-electron chi connectivity index (χ3n) is 3.26. The van der Waals surface area contributed by atoms with Crippen molar-refractivity contribution < 1.29 is 4.79 Å². The molecule has 1 aromatic carbocycles. The quantitative estimate of drug-likeness (QED) is 0.812. The van der Waals surface area contributed by atoms with Crippen molar-refractivity contribution in [1.82, 2.24) is 10.2 Å². The molecule has 3 nitrogen and oxygen atoms in total. The molecular weight excluding hydrogens is 200 g/mol. The van der Waals surface area contributed by atoms with Gasteiger partial charge in [0, 0.05) is 19.6 Å². The fourth-order valence-electron chi connectivity index (χ4n) is 2.05. The lowest BCUT2D eigenvalue weighted by Crippen LogP contribution is -2.53. The van der Waals surface area contributed by atoms with E-state index in [0.29, 0.717) is 0 Å². The van der Waals surface area contributed by atoms with Gasteiger partial charge in [0.1, 0.15) is 0 Å². The van der Waals surface area contributed by atoms with E-state index in [1.54, 1.807) is 0 Å². The van der Waals surface area contributed by atoms with Crippen molar-refractivity contribution in [2.24, 2.45) is 0 Å². The highest BCUT2D eigenvalue weighted by Crippen LogP contribution is 2.13. The van der Waals surface area contributed by atoms with Gasteiger partial charge in [0.15, 0.2) is 0 Å². The Hall–Kier alpha value is -1.35. The monoisotopic (exact) mass is 218 g/mol. The van der Waals surface area contributed by atoms with Crippen molar-refractivity contribution in [2.45, 2.75) is 26.4 Å². The first-order chi connectivity index (χ1) is 7.68. The van der Waals surface area contributed by atoms with Crippen LogP contribution in [0.1, 0.15) is 18.1 Å². The van der Waals surface area contributed by atoms with Crippen molar-refractivity contribution in [3.8, 4) is 0 Å². The van der Waals surface area contributed by atoms with Crippen LogP contribution in [0, 0.1) is 6.92 Å². The zero-order valence-electron chi connectivity index (χ0n) is 9.86. The van der Waals surface area contributed by atoms with E-state index < -0.39 is 0 Å². The number of aryl methyl sites for hydroxylation is 1. The number of carbonyl (C=O) groups excluding carboxylic acids is 1. The van der Waals surface area contributed by atoms with E-state index in [-0.39, 0.29) is 11.9 Å². The Labute approximate surface area is 96.5 Å². The first-order valence-corrected chi connectivity index (χ1v) is 5.75. The summed E-state index contributed by atoms with van der Waals surface area (Å²) in [7, 11) is 0. The lowest BCUT2D eigenvalue weighted by molar-refractivity contribution is -0.128. The molecule has 1 aromatic rings. The van der Waals surface area contributed by atoms with E-state index in [4.69, 9.17) is 0 Å². The van der Waals surface area contributed by atoms with Gasteiger partial charge in [0.2, 0.25) is 5.91 Å². The molecule has 1 saturated heterocycles. The molecule has 3 heteroatoms. The van der Waals surface area contributed by atoms with E-state index in [1.807, 2.05) is 13.0 Å². The molecule has 1 unspecified atom stereocenters. The van der Waals surface area contributed by atoms with Crippen LogP contribution in [0.25, 0.3) is 0 Å². The summed E-state index contributed by atoms with van der Waals surface area (Å²) in [5.74, 6) is 0.139. The second-order valence-electron chi connectivity index (χ2n) is 4.36. The van der Waals surface area contributed by atoms with Crippen LogP contribution >= 0.6 is 0 Å². The summed E-state index contributed by atoms with van der Waals surface area (Å²) in [5.41, 5.74) is 2.60. The van der Waals surface area contributed by atoms with Crippen LogP contribution in [0.5, 0.6) is 0 Å². The predicted molar refractivity (Wildman–Crippen MR) is 64.1 cm³/mol. The first kappa shape index (κ1) is 11.1. The molecule has 1 aliphatic rings. The van der Waals surface area contributed by atoms with E-state index in [1.165, 1.54) is 11.1 Å². The molecule has 0 spiro atoms. The second-order valence-corrected chi connectivity index (χ2v) is 4.36. The van der Waals surface area contributed by atoms with Gasteiger partial charge in [0.25, 0.3) is 0 Å². The average molecular weight is 218 g/mol. The number of benzene rings is 1. The molecule has 86 valence electrons. The highest BCUT2D eigenvalue weighted by Gasteiger charge is 2.25. The summed E-state index contributed by atoms with van der Waals surface area (Å²) in [5, 5.41) is 2.88. The smallest absolute Gasteiger partial charge is 0.237 e. The molecule has 2 rings (SSSR count). The van der Waals surface area contributed by atoms with Crippen molar-refractivity contribution in [3.63, 3.8) is 0 Å². The third-order valence-corrected chi connectivity index (χ3v) is 3.26. The zero-order chi connectivity index (χ0) is 11.5. The molecule has 0 bridgehead atoms. The Balaban J connectivity index is 2.09. The Morgan fingerprint density at radius 2 is 2.19 bits per heavy atom. The maximum atomic E-state index is 11.5. The number of hydrogen-bond acceptors (Lipinski definition) is 2. The molecule has 1 fully saturated rings. The van der Waals surface area contributed by atoms with Crippen molar-refractivity contribution in [2.75, 3.05) is 13.1 Å². The van der Waals surface area contributed by atoms with Gasteiger partial charge in [-0.25, -0.2) is 0 Å². The molecule has 1 heterocycles. The predicted octanol–water partition coefficient (Wildman–Crippen LogP) is 1.32. The van der Waals surface area contributed by atoms with E-state index in [0.717, 1.165) is 19.6 Å². The van der Waals surface area contributed by atoms with Crippen LogP contribution in [0.15, 0.2) is 24.3 Å². The number of hydrogen-bond donors (Lipinski definition) is 1. The summed E-state index contributed by atoms with van der Waals surface area (Å²) >= 11 is 0. The van der Waals surface area contributed by atoms with Gasteiger partial charge in [-0.1, -0.05) is 24.3 Å². The molecule has 0 aliphatic carbocycles. The minimum absolute atomic E-state index is 0.0200. The normalized spacial score (nSPS) is 21.9. The largest absolute Gasteiger partial charge is 0.353 e. The van der Waals surface area contributed by atoms with Crippen LogP contribution in [0.3, 0.4) is 0 Å². The summed E-state index contributed by atoms with van der Waals surface area (Å²) in [4.78, 5) is 13.8. The molecule has 1 amide bonds. The SMILES string of the molecule is Cc1ccccc1CN1CCNC(=O)C1C. The highest BCUT2D eigenvalue weighted by atomic mass is 16.2. The van der Waals surface area contributed by atoms with Crippen LogP contribution in [-0.4, -0.2) is 29.9 Å². The van der Waals surface area contributed by atoms with Gasteiger partial charge in [-0.2, -0.15) is 0 Å². The fraction of sp³-hybridized carbons (Fsp3) is 0.462. The Morgan fingerprint density at radius 3 is 2.94 bits per heavy atom. The molecular formula is C13H18N2O. The van der Waals surface area contributed by atoms with Gasteiger partial charge in [-0.05, 0) is 25.0 Å². The lowest BCUT2D eigenvalue weighted by atomic mass is 10.1. The zero-order valence-corrected chi connectivity index (χ0v) is 9.86. The molecule has 1 aliphatic heterocycles. The Bertz CT molecular complexity index is 389. The van der Waals surface area contributed by atoms with Crippen LogP contribution in [-0.2, 0) is 11.3 Å². The molecule has 1 N–H and O–H groups in total. The van der Waals surface area contributed by atoms with Gasteiger partial charge in [-0.3, -0.25) is 9.69 Å². The second kappa shape index (κ2) is 4.66. The standard InChI is InChI=1S/C13H18N2O/c1-10-5-3-4-6-12(10)9-15-8-7-14-13(16)11(15)2/h3-6,11H,7-9H2,1-2H3,(H,14,16). The van der Waals surface area contributed by atoms with E-state index in [2.05, 4.69) is 35.3 Å². The van der Waals surface area contributed by atoms with E-state index >= 15 is 0 Å². The maximum Gasteiger partial charge on any atom is 0.237 e. The Morgan fingerprint density at radius 1 is 1.44 bits per heavy atom. The summed E-state index contributed by atoms with van der Waals surface area (Å²) < 4.78 is 0. The van der Waals surface area contributed by atoms with Gasteiger partial charge < -0.3 is 5.32 Å². The average Bonchev–Trinajstić information content (AvgIpc) is 2.28. The molecule has 0 radical (unpaired) electrons. The Kier molecular flexibility index (Phi) is 3.25. The van der Waals surface area contributed by atoms with Gasteiger partial charge >= 0.3 is 0 Å². The fourth-order valence-corrected chi connectivity index (χ4v) is 2.05. The van der Waals surface area contributed by atoms with Crippen molar-refractivity contribution in [1.29, 1.82) is 0 Å². The van der Waals surface area contributed by atoms with Gasteiger partial charge in [0.05, 0.1) is 6.04 Å². The van der Waals surface area contributed by atoms with Gasteiger partial charge in [-0.15, -0.1) is 0 Å². The highest BCUT2D eigenvalue weighted by molar-refractivity contribution is 5.81. The number of rotatable bonds is 2. The molecule has 16 heavy (non-hydrogen) atoms. The molecule has 1 atom stereocenters. The topological polar surface area (TPSA) is 32.3 Å². The van der Waals surface area contributed by atoms with Crippen LogP contribution in [0.2, 0.25) is 0 Å². The minimum atomic E-state index is -0.0200. The van der Waals surface area contributed by atoms with Crippen LogP contribution < -0.4 is 5.32 Å². The minimum Gasteiger partial charge on any atom is -0.353 e. The first-order valence-electron chi connectivity index (χ1n) is 5.75. The number of piperazine rings is 1. The molecule has 0 saturated carbocycles. The third kappa shape index (κ3) is 2.25.